The van der Waals surface area contributed by atoms with Crippen molar-refractivity contribution < 1.29 is 13.2 Å². The first-order chi connectivity index (χ1) is 14.3. The molecule has 1 amide bonds. The highest BCUT2D eigenvalue weighted by Gasteiger charge is 2.28. The Morgan fingerprint density at radius 1 is 0.933 bits per heavy atom. The molecule has 0 heterocycles. The third kappa shape index (κ3) is 4.89. The van der Waals surface area contributed by atoms with Gasteiger partial charge in [0, 0.05) is 0 Å². The summed E-state index contributed by atoms with van der Waals surface area (Å²) in [6, 6.07) is 23.1. The number of anilines is 1. The number of amides is 1. The van der Waals surface area contributed by atoms with Crippen LogP contribution in [0.25, 0.3) is 0 Å². The fourth-order valence-electron chi connectivity index (χ4n) is 3.25. The van der Waals surface area contributed by atoms with E-state index in [2.05, 4.69) is 5.32 Å². The number of hydrogen-bond acceptors (Lipinski definition) is 3. The van der Waals surface area contributed by atoms with Gasteiger partial charge in [0.15, 0.2) is 0 Å². The van der Waals surface area contributed by atoms with Crippen LogP contribution in [0.2, 0.25) is 0 Å². The van der Waals surface area contributed by atoms with E-state index in [-0.39, 0.29) is 23.4 Å². The van der Waals surface area contributed by atoms with Crippen LogP contribution in [0.4, 0.5) is 5.69 Å². The highest BCUT2D eigenvalue weighted by Crippen LogP contribution is 2.28. The van der Waals surface area contributed by atoms with Gasteiger partial charge in [0.25, 0.3) is 10.0 Å². The van der Waals surface area contributed by atoms with E-state index in [0.717, 1.165) is 16.7 Å². The highest BCUT2D eigenvalue weighted by molar-refractivity contribution is 7.92. The number of nitrogens with zero attached hydrogens (tertiary/aromatic N) is 1. The smallest absolute Gasteiger partial charge is 0.264 e. The quantitative estimate of drug-likeness (QED) is 0.615. The number of carbonyl (C=O) groups is 1. The molecular formula is C24H26N2O3S. The SMILES string of the molecule is Cc1ccc(C)c(N(CC(=O)NC(C)c2ccccc2)S(=O)(=O)c2ccccc2)c1. The molecule has 0 saturated carbocycles. The molecular weight excluding hydrogens is 396 g/mol. The van der Waals surface area contributed by atoms with Crippen molar-refractivity contribution in [1.82, 2.24) is 5.32 Å². The van der Waals surface area contributed by atoms with Gasteiger partial charge in [0.05, 0.1) is 16.6 Å². The molecule has 0 radical (unpaired) electrons. The van der Waals surface area contributed by atoms with Crippen LogP contribution in [-0.2, 0) is 14.8 Å². The number of benzene rings is 3. The normalized spacial score (nSPS) is 12.2. The van der Waals surface area contributed by atoms with Gasteiger partial charge in [-0.2, -0.15) is 0 Å². The molecule has 0 aromatic heterocycles. The first kappa shape index (κ1) is 21.6. The van der Waals surface area contributed by atoms with Crippen molar-refractivity contribution in [3.8, 4) is 0 Å². The van der Waals surface area contributed by atoms with Crippen molar-refractivity contribution in [3.63, 3.8) is 0 Å². The van der Waals surface area contributed by atoms with Gasteiger partial charge in [-0.25, -0.2) is 8.42 Å². The number of nitrogens with one attached hydrogen (secondary N) is 1. The second-order valence-electron chi connectivity index (χ2n) is 7.31. The van der Waals surface area contributed by atoms with Crippen molar-refractivity contribution in [2.24, 2.45) is 0 Å². The molecule has 3 rings (SSSR count). The Morgan fingerprint density at radius 3 is 2.17 bits per heavy atom. The van der Waals surface area contributed by atoms with Gasteiger partial charge in [0.2, 0.25) is 5.91 Å². The maximum atomic E-state index is 13.4. The highest BCUT2D eigenvalue weighted by atomic mass is 32.2. The standard InChI is InChI=1S/C24H26N2O3S/c1-18-14-15-19(2)23(16-18)26(30(28,29)22-12-8-5-9-13-22)17-24(27)25-20(3)21-10-6-4-7-11-21/h4-16,20H,17H2,1-3H3,(H,25,27). The van der Waals surface area contributed by atoms with E-state index in [1.807, 2.05) is 63.2 Å². The molecule has 156 valence electrons. The molecule has 1 atom stereocenters. The van der Waals surface area contributed by atoms with E-state index in [4.69, 9.17) is 0 Å². The molecule has 3 aromatic carbocycles. The molecule has 6 heteroatoms. The fourth-order valence-corrected chi connectivity index (χ4v) is 4.75. The first-order valence-corrected chi connectivity index (χ1v) is 11.2. The number of carbonyl (C=O) groups excluding carboxylic acids is 1. The molecule has 5 nitrogen and oxygen atoms in total. The second kappa shape index (κ2) is 9.13. The lowest BCUT2D eigenvalue weighted by Crippen LogP contribution is -2.42. The van der Waals surface area contributed by atoms with Crippen molar-refractivity contribution in [2.45, 2.75) is 31.7 Å². The molecule has 0 saturated heterocycles. The van der Waals surface area contributed by atoms with Crippen LogP contribution in [0, 0.1) is 13.8 Å². The summed E-state index contributed by atoms with van der Waals surface area (Å²) in [6.45, 7) is 5.31. The zero-order valence-electron chi connectivity index (χ0n) is 17.4. The average molecular weight is 423 g/mol. The molecule has 0 bridgehead atoms. The molecule has 0 aliphatic heterocycles. The lowest BCUT2D eigenvalue weighted by atomic mass is 10.1. The minimum atomic E-state index is -3.92. The van der Waals surface area contributed by atoms with E-state index in [1.165, 1.54) is 16.4 Å². The van der Waals surface area contributed by atoms with E-state index in [9.17, 15) is 13.2 Å². The number of hydrogen-bond donors (Lipinski definition) is 1. The first-order valence-electron chi connectivity index (χ1n) is 9.78. The van der Waals surface area contributed by atoms with Gasteiger partial charge in [-0.15, -0.1) is 0 Å². The van der Waals surface area contributed by atoms with E-state index >= 15 is 0 Å². The van der Waals surface area contributed by atoms with Crippen LogP contribution < -0.4 is 9.62 Å². The molecule has 0 spiro atoms. The zero-order valence-corrected chi connectivity index (χ0v) is 18.2. The van der Waals surface area contributed by atoms with Gasteiger partial charge in [-0.1, -0.05) is 60.7 Å². The Bertz CT molecular complexity index is 1110. The van der Waals surface area contributed by atoms with Gasteiger partial charge in [0.1, 0.15) is 6.54 Å². The molecule has 3 aromatic rings. The number of sulfonamides is 1. The minimum absolute atomic E-state index is 0.148. The molecule has 0 aliphatic rings. The van der Waals surface area contributed by atoms with Gasteiger partial charge < -0.3 is 5.32 Å². The van der Waals surface area contributed by atoms with Crippen LogP contribution >= 0.6 is 0 Å². The summed E-state index contributed by atoms with van der Waals surface area (Å²) in [5.74, 6) is -0.369. The topological polar surface area (TPSA) is 66.5 Å². The average Bonchev–Trinajstić information content (AvgIpc) is 2.75. The maximum Gasteiger partial charge on any atom is 0.264 e. The van der Waals surface area contributed by atoms with Crippen molar-refractivity contribution in [2.75, 3.05) is 10.8 Å². The summed E-state index contributed by atoms with van der Waals surface area (Å²) in [5.41, 5.74) is 3.15. The Morgan fingerprint density at radius 2 is 1.53 bits per heavy atom. The van der Waals surface area contributed by atoms with Gasteiger partial charge >= 0.3 is 0 Å². The monoisotopic (exact) mass is 422 g/mol. The van der Waals surface area contributed by atoms with Crippen molar-refractivity contribution in [1.29, 1.82) is 0 Å². The lowest BCUT2D eigenvalue weighted by Gasteiger charge is -2.27. The third-order valence-corrected chi connectivity index (χ3v) is 6.70. The molecule has 0 aliphatic carbocycles. The van der Waals surface area contributed by atoms with Crippen LogP contribution in [0.1, 0.15) is 29.7 Å². The molecule has 1 unspecified atom stereocenters. The summed E-state index contributed by atoms with van der Waals surface area (Å²) in [6.07, 6.45) is 0. The zero-order chi connectivity index (χ0) is 21.7. The largest absolute Gasteiger partial charge is 0.348 e. The summed E-state index contributed by atoms with van der Waals surface area (Å²) in [5, 5.41) is 2.91. The van der Waals surface area contributed by atoms with Crippen LogP contribution in [-0.4, -0.2) is 20.9 Å². The predicted octanol–water partition coefficient (Wildman–Crippen LogP) is 4.38. The Kier molecular flexibility index (Phi) is 6.57. The van der Waals surface area contributed by atoms with Crippen molar-refractivity contribution >= 4 is 21.6 Å². The Labute approximate surface area is 178 Å². The number of rotatable bonds is 7. The Hall–Kier alpha value is -3.12. The third-order valence-electron chi connectivity index (χ3n) is 4.93. The van der Waals surface area contributed by atoms with Gasteiger partial charge in [-0.05, 0) is 55.7 Å². The number of aryl methyl sites for hydroxylation is 2. The molecule has 30 heavy (non-hydrogen) atoms. The summed E-state index contributed by atoms with van der Waals surface area (Å²) in [7, 11) is -3.92. The fraction of sp³-hybridized carbons (Fsp3) is 0.208. The molecule has 1 N–H and O–H groups in total. The summed E-state index contributed by atoms with van der Waals surface area (Å²) in [4.78, 5) is 13.0. The van der Waals surface area contributed by atoms with Gasteiger partial charge in [-0.3, -0.25) is 9.10 Å². The van der Waals surface area contributed by atoms with E-state index < -0.39 is 10.0 Å². The van der Waals surface area contributed by atoms with Crippen LogP contribution in [0.5, 0.6) is 0 Å². The van der Waals surface area contributed by atoms with E-state index in [0.29, 0.717) is 5.69 Å². The maximum absolute atomic E-state index is 13.4. The second-order valence-corrected chi connectivity index (χ2v) is 9.18. The Balaban J connectivity index is 1.94. The van der Waals surface area contributed by atoms with Crippen LogP contribution in [0.3, 0.4) is 0 Å². The summed E-state index contributed by atoms with van der Waals surface area (Å²) >= 11 is 0. The predicted molar refractivity (Wildman–Crippen MR) is 120 cm³/mol. The minimum Gasteiger partial charge on any atom is -0.348 e. The van der Waals surface area contributed by atoms with E-state index in [1.54, 1.807) is 24.3 Å². The summed E-state index contributed by atoms with van der Waals surface area (Å²) < 4.78 is 28.1. The molecule has 0 fully saturated rings. The van der Waals surface area contributed by atoms with Crippen LogP contribution in [0.15, 0.2) is 83.8 Å². The lowest BCUT2D eigenvalue weighted by molar-refractivity contribution is -0.120. The van der Waals surface area contributed by atoms with Crippen molar-refractivity contribution in [3.05, 3.63) is 95.6 Å².